The van der Waals surface area contributed by atoms with Crippen molar-refractivity contribution < 1.29 is 19.5 Å². The van der Waals surface area contributed by atoms with Crippen molar-refractivity contribution in [1.82, 2.24) is 15.1 Å². The Kier molecular flexibility index (Phi) is 7.25. The number of urea groups is 1. The van der Waals surface area contributed by atoms with Crippen LogP contribution in [0.1, 0.15) is 12.8 Å². The molecule has 108 valence electrons. The summed E-state index contributed by atoms with van der Waals surface area (Å²) in [5.74, 6) is -1.26. The highest BCUT2D eigenvalue weighted by Gasteiger charge is 2.19. The summed E-state index contributed by atoms with van der Waals surface area (Å²) in [6.45, 7) is 0. The minimum Gasteiger partial charge on any atom is -0.480 e. The Morgan fingerprint density at radius 2 is 1.74 bits per heavy atom. The molecule has 0 aliphatic heterocycles. The molecule has 0 saturated heterocycles. The number of rotatable bonds is 6. The molecule has 0 aliphatic carbocycles. The largest absolute Gasteiger partial charge is 0.480 e. The molecule has 0 fully saturated rings. The van der Waals surface area contributed by atoms with Crippen LogP contribution < -0.4 is 5.32 Å². The van der Waals surface area contributed by atoms with E-state index in [1.54, 1.807) is 20.2 Å². The summed E-state index contributed by atoms with van der Waals surface area (Å²) in [4.78, 5) is 36.2. The van der Waals surface area contributed by atoms with Gasteiger partial charge in [-0.3, -0.25) is 4.79 Å². The van der Waals surface area contributed by atoms with Gasteiger partial charge < -0.3 is 20.2 Å². The molecule has 3 amide bonds. The van der Waals surface area contributed by atoms with Crippen LogP contribution in [0.5, 0.6) is 0 Å². The van der Waals surface area contributed by atoms with Crippen LogP contribution in [0.3, 0.4) is 0 Å². The predicted molar refractivity (Wildman–Crippen MR) is 70.7 cm³/mol. The van der Waals surface area contributed by atoms with E-state index in [0.29, 0.717) is 6.42 Å². The van der Waals surface area contributed by atoms with Crippen LogP contribution >= 0.6 is 0 Å². The first kappa shape index (κ1) is 16.9. The van der Waals surface area contributed by atoms with Crippen LogP contribution in [-0.2, 0) is 9.59 Å². The number of carbonyl (C=O) groups excluding carboxylic acids is 2. The summed E-state index contributed by atoms with van der Waals surface area (Å²) in [6, 6.07) is -1.42. The van der Waals surface area contributed by atoms with E-state index in [0.717, 1.165) is 0 Å². The minimum absolute atomic E-state index is 0.163. The molecule has 0 unspecified atom stereocenters. The molecule has 7 nitrogen and oxygen atoms in total. The fourth-order valence-corrected chi connectivity index (χ4v) is 1.13. The molecule has 2 N–H and O–H groups in total. The lowest BCUT2D eigenvalue weighted by atomic mass is 10.1. The second-order valence-electron chi connectivity index (χ2n) is 4.45. The number of carboxylic acids is 1. The summed E-state index contributed by atoms with van der Waals surface area (Å²) < 4.78 is 0. The van der Waals surface area contributed by atoms with Crippen molar-refractivity contribution in [2.45, 2.75) is 18.9 Å². The van der Waals surface area contributed by atoms with Crippen molar-refractivity contribution in [3.63, 3.8) is 0 Å². The highest BCUT2D eigenvalue weighted by molar-refractivity contribution is 5.87. The maximum absolute atomic E-state index is 11.4. The van der Waals surface area contributed by atoms with Gasteiger partial charge in [0.1, 0.15) is 6.04 Å². The van der Waals surface area contributed by atoms with Crippen molar-refractivity contribution in [3.05, 3.63) is 12.2 Å². The van der Waals surface area contributed by atoms with Gasteiger partial charge in [-0.2, -0.15) is 0 Å². The normalized spacial score (nSPS) is 12.0. The number of likely N-dealkylation sites (N-methyl/N-ethyl adjacent to an activating group) is 1. The summed E-state index contributed by atoms with van der Waals surface area (Å²) in [7, 11) is 6.32. The number of carboxylic acid groups (broad SMARTS) is 1. The van der Waals surface area contributed by atoms with Gasteiger partial charge in [0.15, 0.2) is 0 Å². The molecule has 0 aromatic rings. The Morgan fingerprint density at radius 3 is 2.16 bits per heavy atom. The summed E-state index contributed by atoms with van der Waals surface area (Å²) in [5, 5.41) is 11.4. The van der Waals surface area contributed by atoms with Crippen molar-refractivity contribution in [2.24, 2.45) is 0 Å². The average Bonchev–Trinajstić information content (AvgIpc) is 2.31. The number of amides is 3. The third-order valence-corrected chi connectivity index (χ3v) is 2.33. The number of nitrogens with zero attached hydrogens (tertiary/aromatic N) is 2. The lowest BCUT2D eigenvalue weighted by molar-refractivity contribution is -0.139. The van der Waals surface area contributed by atoms with E-state index in [4.69, 9.17) is 5.11 Å². The second-order valence-corrected chi connectivity index (χ2v) is 4.45. The highest BCUT2D eigenvalue weighted by atomic mass is 16.4. The number of hydrogen-bond acceptors (Lipinski definition) is 3. The molecule has 0 aromatic carbocycles. The quantitative estimate of drug-likeness (QED) is 0.672. The molecule has 0 aromatic heterocycles. The molecule has 0 heterocycles. The van der Waals surface area contributed by atoms with Crippen LogP contribution in [-0.4, -0.2) is 67.0 Å². The minimum atomic E-state index is -1.09. The molecule has 0 saturated carbocycles. The van der Waals surface area contributed by atoms with Crippen LogP contribution in [0, 0.1) is 0 Å². The first-order valence-electron chi connectivity index (χ1n) is 5.84. The summed E-state index contributed by atoms with van der Waals surface area (Å²) >= 11 is 0. The van der Waals surface area contributed by atoms with Crippen molar-refractivity contribution in [1.29, 1.82) is 0 Å². The predicted octanol–water partition coefficient (Wildman–Crippen LogP) is 0.135. The molecule has 19 heavy (non-hydrogen) atoms. The van der Waals surface area contributed by atoms with Crippen molar-refractivity contribution >= 4 is 17.9 Å². The standard InChI is InChI=1S/C12H21N3O4/c1-14(2)10(16)8-6-5-7-9(11(17)18)13-12(19)15(3)4/h6,8-9H,5,7H2,1-4H3,(H,13,19)(H,17,18)/b8-6+/t9-/m0/s1. The molecule has 0 aliphatic rings. The van der Waals surface area contributed by atoms with Gasteiger partial charge in [0.2, 0.25) is 5.91 Å². The first-order valence-corrected chi connectivity index (χ1v) is 5.84. The van der Waals surface area contributed by atoms with E-state index < -0.39 is 18.0 Å². The van der Waals surface area contributed by atoms with Gasteiger partial charge in [-0.15, -0.1) is 0 Å². The first-order chi connectivity index (χ1) is 8.75. The Morgan fingerprint density at radius 1 is 1.16 bits per heavy atom. The number of allylic oxidation sites excluding steroid dienone is 1. The van der Waals surface area contributed by atoms with Crippen molar-refractivity contribution in [3.8, 4) is 0 Å². The smallest absolute Gasteiger partial charge is 0.326 e. The fourth-order valence-electron chi connectivity index (χ4n) is 1.13. The van der Waals surface area contributed by atoms with E-state index in [-0.39, 0.29) is 12.3 Å². The van der Waals surface area contributed by atoms with E-state index >= 15 is 0 Å². The lowest BCUT2D eigenvalue weighted by Gasteiger charge is -2.17. The van der Waals surface area contributed by atoms with Gasteiger partial charge in [-0.1, -0.05) is 6.08 Å². The Hall–Kier alpha value is -2.05. The SMILES string of the molecule is CN(C)C(=O)/C=C/CC[C@H](NC(=O)N(C)C)C(=O)O. The molecular weight excluding hydrogens is 250 g/mol. The molecule has 0 rings (SSSR count). The van der Waals surface area contributed by atoms with Gasteiger partial charge >= 0.3 is 12.0 Å². The number of carbonyl (C=O) groups is 3. The second kappa shape index (κ2) is 8.12. The Labute approximate surface area is 112 Å². The van der Waals surface area contributed by atoms with Crippen LogP contribution in [0.25, 0.3) is 0 Å². The van der Waals surface area contributed by atoms with Crippen LogP contribution in [0.2, 0.25) is 0 Å². The third kappa shape index (κ3) is 7.07. The Balaban J connectivity index is 4.27. The highest BCUT2D eigenvalue weighted by Crippen LogP contribution is 2.00. The molecule has 0 bridgehead atoms. The van der Waals surface area contributed by atoms with Gasteiger partial charge in [-0.05, 0) is 18.9 Å². The zero-order valence-electron chi connectivity index (χ0n) is 11.7. The molecular formula is C12H21N3O4. The van der Waals surface area contributed by atoms with Gasteiger partial charge in [0, 0.05) is 28.2 Å². The number of aliphatic carboxylic acids is 1. The molecule has 7 heteroatoms. The van der Waals surface area contributed by atoms with Crippen LogP contribution in [0.15, 0.2) is 12.2 Å². The number of hydrogen-bond donors (Lipinski definition) is 2. The molecule has 0 radical (unpaired) electrons. The zero-order chi connectivity index (χ0) is 15.0. The summed E-state index contributed by atoms with van der Waals surface area (Å²) in [5.41, 5.74) is 0. The average molecular weight is 271 g/mol. The van der Waals surface area contributed by atoms with Crippen LogP contribution in [0.4, 0.5) is 4.79 Å². The fraction of sp³-hybridized carbons (Fsp3) is 0.583. The van der Waals surface area contributed by atoms with E-state index in [9.17, 15) is 14.4 Å². The zero-order valence-corrected chi connectivity index (χ0v) is 11.7. The third-order valence-electron chi connectivity index (χ3n) is 2.33. The van der Waals surface area contributed by atoms with E-state index in [1.165, 1.54) is 30.0 Å². The molecule has 1 atom stereocenters. The maximum Gasteiger partial charge on any atom is 0.326 e. The Bertz CT molecular complexity index is 364. The van der Waals surface area contributed by atoms with E-state index in [2.05, 4.69) is 5.32 Å². The monoisotopic (exact) mass is 271 g/mol. The van der Waals surface area contributed by atoms with Gasteiger partial charge in [0.25, 0.3) is 0 Å². The number of nitrogens with one attached hydrogen (secondary N) is 1. The molecule has 0 spiro atoms. The lowest BCUT2D eigenvalue weighted by Crippen LogP contribution is -2.45. The maximum atomic E-state index is 11.4. The summed E-state index contributed by atoms with van der Waals surface area (Å²) in [6.07, 6.45) is 3.60. The van der Waals surface area contributed by atoms with Gasteiger partial charge in [-0.25, -0.2) is 9.59 Å². The topological polar surface area (TPSA) is 90.0 Å². The van der Waals surface area contributed by atoms with E-state index in [1.807, 2.05) is 0 Å². The van der Waals surface area contributed by atoms with Gasteiger partial charge in [0.05, 0.1) is 0 Å². The van der Waals surface area contributed by atoms with Crippen molar-refractivity contribution in [2.75, 3.05) is 28.2 Å².